The lowest BCUT2D eigenvalue weighted by atomic mass is 10.0. The van der Waals surface area contributed by atoms with Crippen LogP contribution in [0.15, 0.2) is 33.0 Å². The zero-order valence-electron chi connectivity index (χ0n) is 25.4. The molecule has 4 heterocycles. The number of nitrogens with zero attached hydrogens (tertiary/aromatic N) is 1. The molecule has 0 fully saturated rings. The molecule has 0 bridgehead atoms. The lowest BCUT2D eigenvalue weighted by Crippen LogP contribution is -2.15. The third kappa shape index (κ3) is 6.38. The molecule has 43 heavy (non-hydrogen) atoms. The highest BCUT2D eigenvalue weighted by atomic mass is 16.4. The second kappa shape index (κ2) is 12.6. The molecule has 5 N–H and O–H groups in total. The van der Waals surface area contributed by atoms with Gasteiger partial charge in [-0.1, -0.05) is 13.8 Å². The van der Waals surface area contributed by atoms with Crippen LogP contribution in [0, 0.1) is 13.8 Å². The van der Waals surface area contributed by atoms with Crippen LogP contribution >= 0.6 is 0 Å². The first kappa shape index (κ1) is 31.2. The van der Waals surface area contributed by atoms with Gasteiger partial charge in [-0.05, 0) is 105 Å². The van der Waals surface area contributed by atoms with E-state index in [4.69, 9.17) is 0 Å². The van der Waals surface area contributed by atoms with Crippen molar-refractivity contribution in [2.75, 3.05) is 0 Å². The number of hydrogen-bond acceptors (Lipinski definition) is 4. The van der Waals surface area contributed by atoms with Gasteiger partial charge in [-0.2, -0.15) is 0 Å². The van der Waals surface area contributed by atoms with Gasteiger partial charge < -0.3 is 25.5 Å². The van der Waals surface area contributed by atoms with E-state index in [2.05, 4.69) is 20.3 Å². The van der Waals surface area contributed by atoms with Crippen molar-refractivity contribution < 1.29 is 29.4 Å². The number of carbonyl (C=O) groups is 4. The van der Waals surface area contributed by atoms with E-state index in [0.717, 1.165) is 44.4 Å². The van der Waals surface area contributed by atoms with Crippen molar-refractivity contribution in [1.29, 1.82) is 0 Å². The van der Waals surface area contributed by atoms with Crippen molar-refractivity contribution in [2.24, 2.45) is 4.99 Å². The van der Waals surface area contributed by atoms with Gasteiger partial charge in [-0.3, -0.25) is 19.2 Å². The number of H-pyrrole nitrogens is 2. The Hall–Kier alpha value is -4.73. The SMILES string of the molecule is CCC1=C(C)C(C=c2[nH]c(=Cc3[nH]c(C=C4NC(=O)C(C)=C4CC)c(C)c3CCC(=O)O)c(CCC(=O)O)c2C)=NC1=O. The Morgan fingerprint density at radius 1 is 0.744 bits per heavy atom. The maximum Gasteiger partial charge on any atom is 0.303 e. The van der Waals surface area contributed by atoms with E-state index < -0.39 is 11.9 Å². The van der Waals surface area contributed by atoms with E-state index in [9.17, 15) is 29.4 Å². The predicted octanol–water partition coefficient (Wildman–Crippen LogP) is 3.51. The third-order valence-corrected chi connectivity index (χ3v) is 8.33. The van der Waals surface area contributed by atoms with Gasteiger partial charge >= 0.3 is 11.9 Å². The summed E-state index contributed by atoms with van der Waals surface area (Å²) in [6.45, 7) is 11.4. The number of allylic oxidation sites excluding steroid dienone is 2. The fraction of sp³-hybridized carbons (Fsp3) is 0.364. The second-order valence-electron chi connectivity index (χ2n) is 10.9. The van der Waals surface area contributed by atoms with Crippen LogP contribution in [0.5, 0.6) is 0 Å². The maximum atomic E-state index is 12.3. The van der Waals surface area contributed by atoms with Crippen LogP contribution in [-0.4, -0.2) is 49.6 Å². The molecule has 0 unspecified atom stereocenters. The van der Waals surface area contributed by atoms with Gasteiger partial charge in [0.05, 0.1) is 5.71 Å². The van der Waals surface area contributed by atoms with E-state index in [1.807, 2.05) is 52.8 Å². The molecule has 0 saturated heterocycles. The first-order valence-corrected chi connectivity index (χ1v) is 14.5. The number of aliphatic carboxylic acids is 2. The van der Waals surface area contributed by atoms with Crippen LogP contribution in [0.2, 0.25) is 0 Å². The van der Waals surface area contributed by atoms with Crippen LogP contribution in [0.25, 0.3) is 18.2 Å². The molecule has 0 radical (unpaired) electrons. The number of carbonyl (C=O) groups excluding carboxylic acids is 2. The summed E-state index contributed by atoms with van der Waals surface area (Å²) in [5.41, 5.74) is 9.15. The summed E-state index contributed by atoms with van der Waals surface area (Å²) < 4.78 is 0. The quantitative estimate of drug-likeness (QED) is 0.270. The number of carboxylic acid groups (broad SMARTS) is 2. The van der Waals surface area contributed by atoms with Gasteiger partial charge in [0.15, 0.2) is 0 Å². The van der Waals surface area contributed by atoms with Gasteiger partial charge in [-0.15, -0.1) is 0 Å². The van der Waals surface area contributed by atoms with Crippen molar-refractivity contribution in [2.45, 2.75) is 80.1 Å². The summed E-state index contributed by atoms with van der Waals surface area (Å²) >= 11 is 0. The Balaban J connectivity index is 1.91. The molecular weight excluding hydrogens is 548 g/mol. The molecule has 4 rings (SSSR count). The molecule has 2 amide bonds. The van der Waals surface area contributed by atoms with Gasteiger partial charge in [-0.25, -0.2) is 4.99 Å². The zero-order valence-corrected chi connectivity index (χ0v) is 25.4. The average Bonchev–Trinajstić information content (AvgIpc) is 3.59. The van der Waals surface area contributed by atoms with E-state index in [1.165, 1.54) is 0 Å². The van der Waals surface area contributed by atoms with Crippen LogP contribution in [-0.2, 0) is 32.0 Å². The standard InChI is InChI=1S/C33H38N4O6/c1-7-20-19(6)32(42)37-27(20)14-25-18(5)23(10-12-31(40)41)29(35-25)15-28-22(9-11-30(38)39)17(4)24(34-28)13-26-16(3)21(8-2)33(43)36-26/h13-15,34-35H,7-12H2,1-6H3,(H,37,42)(H,38,39)(H,40,41). The molecule has 0 spiro atoms. The lowest BCUT2D eigenvalue weighted by Gasteiger charge is -2.04. The van der Waals surface area contributed by atoms with Crippen molar-refractivity contribution in [3.63, 3.8) is 0 Å². The number of rotatable bonds is 11. The summed E-state index contributed by atoms with van der Waals surface area (Å²) in [6, 6.07) is 0. The Morgan fingerprint density at radius 2 is 1.37 bits per heavy atom. The molecule has 2 aromatic heterocycles. The van der Waals surface area contributed by atoms with E-state index in [0.29, 0.717) is 46.4 Å². The number of aromatic nitrogens is 2. The van der Waals surface area contributed by atoms with Gasteiger partial charge in [0, 0.05) is 51.8 Å². The molecule has 2 aromatic rings. The minimum atomic E-state index is -0.922. The predicted molar refractivity (Wildman–Crippen MR) is 165 cm³/mol. The van der Waals surface area contributed by atoms with E-state index >= 15 is 0 Å². The number of amides is 2. The number of hydrogen-bond donors (Lipinski definition) is 5. The minimum absolute atomic E-state index is 0.0701. The first-order valence-electron chi connectivity index (χ1n) is 14.5. The fourth-order valence-corrected chi connectivity index (χ4v) is 5.77. The summed E-state index contributed by atoms with van der Waals surface area (Å²) in [4.78, 5) is 58.7. The van der Waals surface area contributed by atoms with Crippen LogP contribution in [0.1, 0.15) is 87.0 Å². The Morgan fingerprint density at radius 3 is 1.95 bits per heavy atom. The third-order valence-electron chi connectivity index (χ3n) is 8.33. The number of aliphatic imine (C=N–C) groups is 1. The van der Waals surface area contributed by atoms with Crippen molar-refractivity contribution in [3.8, 4) is 0 Å². The van der Waals surface area contributed by atoms with Crippen LogP contribution < -0.4 is 16.0 Å². The lowest BCUT2D eigenvalue weighted by molar-refractivity contribution is -0.138. The number of carboxylic acids is 2. The highest BCUT2D eigenvalue weighted by Gasteiger charge is 2.24. The second-order valence-corrected chi connectivity index (χ2v) is 10.9. The Kier molecular flexibility index (Phi) is 9.18. The normalized spacial score (nSPS) is 17.2. The molecule has 10 heteroatoms. The summed E-state index contributed by atoms with van der Waals surface area (Å²) in [6.07, 6.45) is 7.25. The Bertz CT molecular complexity index is 1790. The monoisotopic (exact) mass is 586 g/mol. The highest BCUT2D eigenvalue weighted by molar-refractivity contribution is 6.30. The average molecular weight is 587 g/mol. The topological polar surface area (TPSA) is 165 Å². The van der Waals surface area contributed by atoms with Crippen LogP contribution in [0.3, 0.4) is 0 Å². The molecule has 0 saturated carbocycles. The summed E-state index contributed by atoms with van der Waals surface area (Å²) in [5.74, 6) is -2.22. The van der Waals surface area contributed by atoms with E-state index in [1.54, 1.807) is 6.92 Å². The molecule has 0 aromatic carbocycles. The molecule has 2 aliphatic heterocycles. The summed E-state index contributed by atoms with van der Waals surface area (Å²) in [7, 11) is 0. The number of nitrogens with one attached hydrogen (secondary N) is 3. The molecule has 0 aliphatic carbocycles. The number of aromatic amines is 2. The van der Waals surface area contributed by atoms with Gasteiger partial charge in [0.25, 0.3) is 11.8 Å². The van der Waals surface area contributed by atoms with Gasteiger partial charge in [0.1, 0.15) is 0 Å². The van der Waals surface area contributed by atoms with Crippen molar-refractivity contribution in [1.82, 2.24) is 15.3 Å². The van der Waals surface area contributed by atoms with Gasteiger partial charge in [0.2, 0.25) is 0 Å². The smallest absolute Gasteiger partial charge is 0.303 e. The maximum absolute atomic E-state index is 12.3. The van der Waals surface area contributed by atoms with Crippen molar-refractivity contribution >= 4 is 47.7 Å². The molecule has 10 nitrogen and oxygen atoms in total. The fourth-order valence-electron chi connectivity index (χ4n) is 5.77. The van der Waals surface area contributed by atoms with E-state index in [-0.39, 0.29) is 37.5 Å². The van der Waals surface area contributed by atoms with Crippen LogP contribution in [0.4, 0.5) is 0 Å². The summed E-state index contributed by atoms with van der Waals surface area (Å²) in [5, 5.41) is 23.2. The first-order chi connectivity index (χ1) is 20.4. The highest BCUT2D eigenvalue weighted by Crippen LogP contribution is 2.28. The minimum Gasteiger partial charge on any atom is -0.481 e. The largest absolute Gasteiger partial charge is 0.481 e. The Labute approximate surface area is 249 Å². The molecule has 0 atom stereocenters. The molecular formula is C33H38N4O6. The molecule has 2 aliphatic rings. The van der Waals surface area contributed by atoms with Crippen molar-refractivity contribution in [3.05, 3.63) is 72.3 Å². The zero-order chi connectivity index (χ0) is 31.6. The molecule has 226 valence electrons.